The second-order valence-electron chi connectivity index (χ2n) is 2.81. The molecule has 0 aliphatic carbocycles. The van der Waals surface area contributed by atoms with Crippen molar-refractivity contribution < 1.29 is 13.2 Å². The number of aromatic nitrogens is 3. The van der Waals surface area contributed by atoms with Crippen molar-refractivity contribution in [2.45, 2.75) is 6.18 Å². The molecule has 2 aromatic rings. The minimum Gasteiger partial charge on any atom is -0.366 e. The summed E-state index contributed by atoms with van der Waals surface area (Å²) in [6, 6.07) is 0.934. The normalized spacial score (nSPS) is 12.3. The van der Waals surface area contributed by atoms with Crippen LogP contribution in [0.15, 0.2) is 16.7 Å². The largest absolute Gasteiger partial charge is 0.417 e. The molecule has 0 aliphatic heterocycles. The Morgan fingerprint density at radius 1 is 1.40 bits per heavy atom. The highest BCUT2D eigenvalue weighted by molar-refractivity contribution is 9.10. The summed E-state index contributed by atoms with van der Waals surface area (Å²) in [5.41, 5.74) is 4.71. The molecule has 0 saturated heterocycles. The van der Waals surface area contributed by atoms with Crippen molar-refractivity contribution in [2.75, 3.05) is 5.73 Å². The Hall–Kier alpha value is -1.31. The number of halogens is 4. The standard InChI is InChI=1S/C7H4BrF3N4/c8-4-1-3(7(9,10)11)2-15-5(4)13-6(12)14-15/h1-2H,(H2,12,14). The predicted molar refractivity (Wildman–Crippen MR) is 50.1 cm³/mol. The van der Waals surface area contributed by atoms with Crippen molar-refractivity contribution in [1.82, 2.24) is 14.6 Å². The Labute approximate surface area is 90.0 Å². The zero-order valence-corrected chi connectivity index (χ0v) is 8.67. The maximum atomic E-state index is 12.4. The van der Waals surface area contributed by atoms with Gasteiger partial charge in [-0.2, -0.15) is 18.2 Å². The highest BCUT2D eigenvalue weighted by Gasteiger charge is 2.32. The Morgan fingerprint density at radius 2 is 2.07 bits per heavy atom. The molecular weight excluding hydrogens is 277 g/mol. The molecule has 2 N–H and O–H groups in total. The molecule has 2 rings (SSSR count). The van der Waals surface area contributed by atoms with Gasteiger partial charge < -0.3 is 5.73 Å². The Bertz CT molecular complexity index is 519. The van der Waals surface area contributed by atoms with Crippen LogP contribution in [0.1, 0.15) is 5.56 Å². The van der Waals surface area contributed by atoms with E-state index in [1.165, 1.54) is 0 Å². The van der Waals surface area contributed by atoms with E-state index in [-0.39, 0.29) is 16.1 Å². The summed E-state index contributed by atoms with van der Waals surface area (Å²) >= 11 is 2.97. The molecule has 0 bridgehead atoms. The van der Waals surface area contributed by atoms with E-state index >= 15 is 0 Å². The maximum Gasteiger partial charge on any atom is 0.417 e. The zero-order chi connectivity index (χ0) is 11.2. The summed E-state index contributed by atoms with van der Waals surface area (Å²) in [4.78, 5) is 3.75. The van der Waals surface area contributed by atoms with Crippen LogP contribution in [0.2, 0.25) is 0 Å². The highest BCUT2D eigenvalue weighted by Crippen LogP contribution is 2.31. The molecule has 0 aromatic carbocycles. The van der Waals surface area contributed by atoms with Crippen LogP contribution in [-0.4, -0.2) is 14.6 Å². The number of fused-ring (bicyclic) bond motifs is 1. The number of pyridine rings is 1. The Kier molecular flexibility index (Phi) is 2.10. The SMILES string of the molecule is Nc1nc2c(Br)cc(C(F)(F)F)cn2n1. The van der Waals surface area contributed by atoms with Crippen molar-refractivity contribution in [2.24, 2.45) is 0 Å². The van der Waals surface area contributed by atoms with Gasteiger partial charge >= 0.3 is 6.18 Å². The average Bonchev–Trinajstić information content (AvgIpc) is 2.44. The van der Waals surface area contributed by atoms with Crippen LogP contribution >= 0.6 is 15.9 Å². The lowest BCUT2D eigenvalue weighted by Gasteiger charge is -2.06. The van der Waals surface area contributed by atoms with Crippen LogP contribution in [0.4, 0.5) is 19.1 Å². The molecule has 0 fully saturated rings. The van der Waals surface area contributed by atoms with Gasteiger partial charge in [0.2, 0.25) is 5.95 Å². The third kappa shape index (κ3) is 1.76. The van der Waals surface area contributed by atoms with Crippen LogP contribution in [0.25, 0.3) is 5.65 Å². The molecular formula is C7H4BrF3N4. The number of hydrogen-bond donors (Lipinski definition) is 1. The van der Waals surface area contributed by atoms with Crippen LogP contribution in [0.5, 0.6) is 0 Å². The lowest BCUT2D eigenvalue weighted by Crippen LogP contribution is -2.07. The number of hydrogen-bond acceptors (Lipinski definition) is 3. The van der Waals surface area contributed by atoms with E-state index in [4.69, 9.17) is 5.73 Å². The maximum absolute atomic E-state index is 12.4. The molecule has 4 nitrogen and oxygen atoms in total. The van der Waals surface area contributed by atoms with E-state index in [1.54, 1.807) is 0 Å². The average molecular weight is 281 g/mol. The third-order valence-corrected chi connectivity index (χ3v) is 2.32. The van der Waals surface area contributed by atoms with E-state index in [1.807, 2.05) is 0 Å². The van der Waals surface area contributed by atoms with Gasteiger partial charge in [0.15, 0.2) is 5.65 Å². The minimum absolute atomic E-state index is 0.0741. The monoisotopic (exact) mass is 280 g/mol. The number of rotatable bonds is 0. The summed E-state index contributed by atoms with van der Waals surface area (Å²) in [6.45, 7) is 0. The van der Waals surface area contributed by atoms with Crippen LogP contribution in [0.3, 0.4) is 0 Å². The lowest BCUT2D eigenvalue weighted by molar-refractivity contribution is -0.137. The first kappa shape index (κ1) is 10.2. The smallest absolute Gasteiger partial charge is 0.366 e. The van der Waals surface area contributed by atoms with E-state index in [2.05, 4.69) is 26.0 Å². The molecule has 0 aliphatic rings. The van der Waals surface area contributed by atoms with Gasteiger partial charge in [0, 0.05) is 6.20 Å². The Morgan fingerprint density at radius 3 is 2.67 bits per heavy atom. The summed E-state index contributed by atoms with van der Waals surface area (Å²) < 4.78 is 38.4. The topological polar surface area (TPSA) is 56.2 Å². The molecule has 2 heterocycles. The predicted octanol–water partition coefficient (Wildman–Crippen LogP) is 2.09. The zero-order valence-electron chi connectivity index (χ0n) is 7.09. The van der Waals surface area contributed by atoms with Gasteiger partial charge in [0.25, 0.3) is 0 Å². The molecule has 0 atom stereocenters. The number of nitrogen functional groups attached to an aromatic ring is 1. The number of anilines is 1. The quantitative estimate of drug-likeness (QED) is 0.804. The number of nitrogens with two attached hydrogens (primary N) is 1. The van der Waals surface area contributed by atoms with Gasteiger partial charge in [-0.1, -0.05) is 0 Å². The van der Waals surface area contributed by atoms with E-state index < -0.39 is 11.7 Å². The third-order valence-electron chi connectivity index (χ3n) is 1.73. The Balaban J connectivity index is 2.72. The van der Waals surface area contributed by atoms with E-state index in [0.717, 1.165) is 16.8 Å². The minimum atomic E-state index is -4.42. The van der Waals surface area contributed by atoms with Gasteiger partial charge in [0.05, 0.1) is 10.0 Å². The fourth-order valence-electron chi connectivity index (χ4n) is 1.12. The second kappa shape index (κ2) is 3.09. The molecule has 0 radical (unpaired) electrons. The van der Waals surface area contributed by atoms with Crippen molar-refractivity contribution in [3.05, 3.63) is 22.3 Å². The van der Waals surface area contributed by atoms with Gasteiger partial charge in [-0.3, -0.25) is 0 Å². The van der Waals surface area contributed by atoms with Crippen molar-refractivity contribution >= 4 is 27.5 Å². The van der Waals surface area contributed by atoms with Crippen molar-refractivity contribution in [1.29, 1.82) is 0 Å². The van der Waals surface area contributed by atoms with E-state index in [0.29, 0.717) is 0 Å². The van der Waals surface area contributed by atoms with Crippen molar-refractivity contribution in [3.63, 3.8) is 0 Å². The highest BCUT2D eigenvalue weighted by atomic mass is 79.9. The summed E-state index contributed by atoms with van der Waals surface area (Å²) in [6.07, 6.45) is -3.58. The van der Waals surface area contributed by atoms with Crippen molar-refractivity contribution in [3.8, 4) is 0 Å². The molecule has 0 amide bonds. The van der Waals surface area contributed by atoms with Gasteiger partial charge in [-0.25, -0.2) is 4.52 Å². The summed E-state index contributed by atoms with van der Waals surface area (Å²) in [7, 11) is 0. The van der Waals surface area contributed by atoms with Crippen LogP contribution in [-0.2, 0) is 6.18 Å². The first-order chi connectivity index (χ1) is 6.88. The van der Waals surface area contributed by atoms with E-state index in [9.17, 15) is 13.2 Å². The molecule has 80 valence electrons. The molecule has 8 heteroatoms. The van der Waals surface area contributed by atoms with Gasteiger partial charge in [0.1, 0.15) is 0 Å². The number of nitrogens with zero attached hydrogens (tertiary/aromatic N) is 3. The molecule has 0 saturated carbocycles. The first-order valence-electron chi connectivity index (χ1n) is 3.76. The van der Waals surface area contributed by atoms with Gasteiger partial charge in [-0.05, 0) is 22.0 Å². The van der Waals surface area contributed by atoms with Crippen LogP contribution < -0.4 is 5.73 Å². The van der Waals surface area contributed by atoms with Gasteiger partial charge in [-0.15, -0.1) is 5.10 Å². The number of alkyl halides is 3. The fraction of sp³-hybridized carbons (Fsp3) is 0.143. The lowest BCUT2D eigenvalue weighted by atomic mass is 10.3. The molecule has 0 unspecified atom stereocenters. The molecule has 15 heavy (non-hydrogen) atoms. The fourth-order valence-corrected chi connectivity index (χ4v) is 1.63. The second-order valence-corrected chi connectivity index (χ2v) is 3.67. The summed E-state index contributed by atoms with van der Waals surface area (Å²) in [5, 5.41) is 3.60. The summed E-state index contributed by atoms with van der Waals surface area (Å²) in [5.74, 6) is -0.0741. The van der Waals surface area contributed by atoms with Crippen LogP contribution in [0, 0.1) is 0 Å². The molecule has 2 aromatic heterocycles. The molecule has 0 spiro atoms. The first-order valence-corrected chi connectivity index (χ1v) is 4.56.